The Morgan fingerprint density at radius 2 is 2.14 bits per heavy atom. The van der Waals surface area contributed by atoms with Crippen LogP contribution in [0.3, 0.4) is 0 Å². The smallest absolute Gasteiger partial charge is 0.328 e. The number of aromatic hydroxyl groups is 1. The predicted octanol–water partition coefficient (Wildman–Crippen LogP) is 2.91. The summed E-state index contributed by atoms with van der Waals surface area (Å²) in [5.74, 6) is -1.12. The van der Waals surface area contributed by atoms with Gasteiger partial charge in [-0.25, -0.2) is 4.79 Å². The van der Waals surface area contributed by atoms with Gasteiger partial charge in [-0.15, -0.1) is 0 Å². The Labute approximate surface area is 93.8 Å². The van der Waals surface area contributed by atoms with Crippen molar-refractivity contribution in [1.82, 2.24) is 0 Å². The van der Waals surface area contributed by atoms with Gasteiger partial charge in [0.2, 0.25) is 0 Å². The maximum absolute atomic E-state index is 10.2. The summed E-state index contributed by atoms with van der Waals surface area (Å²) < 4.78 is 0.426. The number of aliphatic carboxylic acids is 1. The largest absolute Gasteiger partial charge is 0.506 e. The number of benzene rings is 1. The average Bonchev–Trinajstić information content (AvgIpc) is 2.08. The van der Waals surface area contributed by atoms with Crippen LogP contribution in [0.15, 0.2) is 22.7 Å². The van der Waals surface area contributed by atoms with Gasteiger partial charge in [0.05, 0.1) is 4.47 Å². The van der Waals surface area contributed by atoms with Gasteiger partial charge in [0.25, 0.3) is 0 Å². The minimum atomic E-state index is -1.08. The lowest BCUT2D eigenvalue weighted by Gasteiger charge is -2.02. The maximum Gasteiger partial charge on any atom is 0.328 e. The molecule has 0 aliphatic rings. The molecule has 14 heavy (non-hydrogen) atoms. The van der Waals surface area contributed by atoms with Crippen molar-refractivity contribution in [2.75, 3.05) is 0 Å². The van der Waals surface area contributed by atoms with E-state index in [1.807, 2.05) is 0 Å². The zero-order valence-electron chi connectivity index (χ0n) is 6.87. The number of carboxylic acids is 1. The van der Waals surface area contributed by atoms with Crippen molar-refractivity contribution in [2.24, 2.45) is 0 Å². The van der Waals surface area contributed by atoms with Crippen LogP contribution in [0.25, 0.3) is 6.08 Å². The van der Waals surface area contributed by atoms with Gasteiger partial charge >= 0.3 is 5.97 Å². The fraction of sp³-hybridized carbons (Fsp3) is 0. The van der Waals surface area contributed by atoms with Gasteiger partial charge in [-0.1, -0.05) is 11.6 Å². The van der Waals surface area contributed by atoms with Crippen molar-refractivity contribution < 1.29 is 15.0 Å². The van der Waals surface area contributed by atoms with Crippen LogP contribution >= 0.6 is 27.5 Å². The minimum absolute atomic E-state index is 0.0353. The van der Waals surface area contributed by atoms with E-state index in [1.54, 1.807) is 0 Å². The van der Waals surface area contributed by atoms with Gasteiger partial charge in [0.15, 0.2) is 0 Å². The summed E-state index contributed by atoms with van der Waals surface area (Å²) in [6.45, 7) is 0. The number of halogens is 2. The van der Waals surface area contributed by atoms with E-state index in [0.29, 0.717) is 15.1 Å². The maximum atomic E-state index is 10.2. The van der Waals surface area contributed by atoms with Crippen LogP contribution in [0.1, 0.15) is 5.56 Å². The summed E-state index contributed by atoms with van der Waals surface area (Å²) in [5.41, 5.74) is 0.353. The van der Waals surface area contributed by atoms with E-state index in [2.05, 4.69) is 15.9 Å². The minimum Gasteiger partial charge on any atom is -0.506 e. The lowest BCUT2D eigenvalue weighted by Crippen LogP contribution is -1.86. The van der Waals surface area contributed by atoms with Gasteiger partial charge in [-0.3, -0.25) is 0 Å². The molecule has 0 atom stereocenters. The predicted molar refractivity (Wildman–Crippen MR) is 57.5 cm³/mol. The number of hydrogen-bond acceptors (Lipinski definition) is 2. The summed E-state index contributed by atoms with van der Waals surface area (Å²) in [7, 11) is 0. The Morgan fingerprint density at radius 1 is 1.50 bits per heavy atom. The molecule has 0 heterocycles. The standard InChI is InChI=1S/C9H6BrClO3/c10-7-4-6(11)3-5(9(7)14)1-2-8(12)13/h1-4,14H,(H,12,13)/b2-1+. The molecule has 0 amide bonds. The molecule has 1 aromatic carbocycles. The second kappa shape index (κ2) is 4.48. The third kappa shape index (κ3) is 2.75. The molecule has 0 radical (unpaired) electrons. The number of hydrogen-bond donors (Lipinski definition) is 2. The first kappa shape index (κ1) is 11.1. The third-order valence-electron chi connectivity index (χ3n) is 1.46. The van der Waals surface area contributed by atoms with E-state index < -0.39 is 5.97 Å². The molecule has 0 aliphatic heterocycles. The SMILES string of the molecule is O=C(O)/C=C/c1cc(Cl)cc(Br)c1O. The van der Waals surface area contributed by atoms with E-state index >= 15 is 0 Å². The van der Waals surface area contributed by atoms with E-state index in [4.69, 9.17) is 16.7 Å². The van der Waals surface area contributed by atoms with E-state index in [9.17, 15) is 9.90 Å². The van der Waals surface area contributed by atoms with Crippen molar-refractivity contribution in [1.29, 1.82) is 0 Å². The van der Waals surface area contributed by atoms with Crippen LogP contribution in [0.4, 0.5) is 0 Å². The van der Waals surface area contributed by atoms with Gasteiger partial charge in [-0.05, 0) is 34.1 Å². The normalized spacial score (nSPS) is 10.7. The Hall–Kier alpha value is -1.00. The first-order valence-corrected chi connectivity index (χ1v) is 4.77. The number of phenolic OH excluding ortho intramolecular Hbond substituents is 1. The van der Waals surface area contributed by atoms with Crippen LogP contribution in [0.2, 0.25) is 5.02 Å². The molecular formula is C9H6BrClO3. The summed E-state index contributed by atoms with van der Waals surface area (Å²) in [6, 6.07) is 3.00. The second-order valence-electron chi connectivity index (χ2n) is 2.50. The quantitative estimate of drug-likeness (QED) is 0.817. The first-order valence-electron chi connectivity index (χ1n) is 3.59. The zero-order valence-corrected chi connectivity index (χ0v) is 9.21. The second-order valence-corrected chi connectivity index (χ2v) is 3.79. The Balaban J connectivity index is 3.14. The summed E-state index contributed by atoms with van der Waals surface area (Å²) in [6.07, 6.45) is 2.20. The summed E-state index contributed by atoms with van der Waals surface area (Å²) in [4.78, 5) is 10.2. The first-order chi connectivity index (χ1) is 6.50. The molecule has 1 rings (SSSR count). The highest BCUT2D eigenvalue weighted by Crippen LogP contribution is 2.32. The van der Waals surface area contributed by atoms with Crippen molar-refractivity contribution >= 4 is 39.6 Å². The lowest BCUT2D eigenvalue weighted by atomic mass is 10.2. The Bertz CT molecular complexity index is 401. The highest BCUT2D eigenvalue weighted by Gasteiger charge is 2.04. The van der Waals surface area contributed by atoms with Crippen LogP contribution in [0, 0.1) is 0 Å². The van der Waals surface area contributed by atoms with Gasteiger partial charge in [0.1, 0.15) is 5.75 Å². The van der Waals surface area contributed by atoms with E-state index in [-0.39, 0.29) is 5.75 Å². The Kier molecular flexibility index (Phi) is 3.55. The summed E-state index contributed by atoms with van der Waals surface area (Å²) >= 11 is 8.80. The highest BCUT2D eigenvalue weighted by molar-refractivity contribution is 9.10. The molecule has 74 valence electrons. The van der Waals surface area contributed by atoms with Crippen LogP contribution < -0.4 is 0 Å². The monoisotopic (exact) mass is 276 g/mol. The molecular weight excluding hydrogens is 271 g/mol. The molecule has 0 aromatic heterocycles. The van der Waals surface area contributed by atoms with E-state index in [1.165, 1.54) is 18.2 Å². The van der Waals surface area contributed by atoms with Crippen molar-refractivity contribution in [3.8, 4) is 5.75 Å². The van der Waals surface area contributed by atoms with Crippen LogP contribution in [-0.2, 0) is 4.79 Å². The van der Waals surface area contributed by atoms with Crippen molar-refractivity contribution in [3.63, 3.8) is 0 Å². The number of phenols is 1. The van der Waals surface area contributed by atoms with Gasteiger partial charge in [-0.2, -0.15) is 0 Å². The Morgan fingerprint density at radius 3 is 2.71 bits per heavy atom. The fourth-order valence-electron chi connectivity index (χ4n) is 0.874. The molecule has 0 saturated heterocycles. The third-order valence-corrected chi connectivity index (χ3v) is 2.29. The lowest BCUT2D eigenvalue weighted by molar-refractivity contribution is -0.131. The van der Waals surface area contributed by atoms with Crippen LogP contribution in [0.5, 0.6) is 5.75 Å². The van der Waals surface area contributed by atoms with E-state index in [0.717, 1.165) is 6.08 Å². The number of rotatable bonds is 2. The highest BCUT2D eigenvalue weighted by atomic mass is 79.9. The molecule has 3 nitrogen and oxygen atoms in total. The molecule has 0 unspecified atom stereocenters. The molecule has 5 heteroatoms. The number of carboxylic acid groups (broad SMARTS) is 1. The van der Waals surface area contributed by atoms with Crippen molar-refractivity contribution in [3.05, 3.63) is 33.3 Å². The average molecular weight is 278 g/mol. The zero-order chi connectivity index (χ0) is 10.7. The molecule has 0 saturated carbocycles. The van der Waals surface area contributed by atoms with Gasteiger partial charge < -0.3 is 10.2 Å². The van der Waals surface area contributed by atoms with Crippen molar-refractivity contribution in [2.45, 2.75) is 0 Å². The molecule has 2 N–H and O–H groups in total. The summed E-state index contributed by atoms with van der Waals surface area (Å²) in [5, 5.41) is 18.3. The van der Waals surface area contributed by atoms with Crippen LogP contribution in [-0.4, -0.2) is 16.2 Å². The number of carbonyl (C=O) groups is 1. The fourth-order valence-corrected chi connectivity index (χ4v) is 1.71. The van der Waals surface area contributed by atoms with Gasteiger partial charge in [0, 0.05) is 16.7 Å². The molecule has 0 bridgehead atoms. The molecule has 0 spiro atoms. The molecule has 0 fully saturated rings. The molecule has 0 aliphatic carbocycles. The topological polar surface area (TPSA) is 57.5 Å². The molecule has 1 aromatic rings.